The number of hydrogen-bond donors (Lipinski definition) is 2. The van der Waals surface area contributed by atoms with Crippen LogP contribution in [0.15, 0.2) is 36.4 Å². The molecule has 1 unspecified atom stereocenters. The molecule has 4 rings (SSSR count). The maximum absolute atomic E-state index is 12.6. The number of benzene rings is 2. The number of ether oxygens (including phenoxy) is 2. The number of aromatic hydroxyl groups is 1. The third-order valence-corrected chi connectivity index (χ3v) is 9.77. The number of amides is 3. The number of para-hydroxylation sites is 1. The number of aryl methyl sites for hydroxylation is 3. The molecule has 2 aromatic carbocycles. The summed E-state index contributed by atoms with van der Waals surface area (Å²) < 4.78 is 10.8. The van der Waals surface area contributed by atoms with Crippen molar-refractivity contribution in [3.8, 4) is 5.75 Å². The molecular formula is C38H59N5O6. The van der Waals surface area contributed by atoms with Crippen molar-refractivity contribution < 1.29 is 29.0 Å². The molecule has 0 spiro atoms. The number of carbonyl (C=O) groups excluding carboxylic acids is 3. The Bertz CT molecular complexity index is 1330. The molecule has 2 fully saturated rings. The first kappa shape index (κ1) is 39.8. The Morgan fingerprint density at radius 3 is 2.39 bits per heavy atom. The normalized spacial score (nSPS) is 16.0. The Balaban J connectivity index is 0.000000501. The number of nitrogens with zero attached hydrogens (tertiary/aromatic N) is 4. The molecule has 0 bridgehead atoms. The van der Waals surface area contributed by atoms with Gasteiger partial charge < -0.3 is 34.6 Å². The topological polar surface area (TPSA) is 115 Å². The monoisotopic (exact) mass is 681 g/mol. The SMILES string of the molecule is CCC(CCN(C)C(=O)OCC(=O)N1CCN(C2CCOCC2)CC1)N(C)CCc1ccccc1NC=O.CCc1cc(C)cc(C)c1O. The summed E-state index contributed by atoms with van der Waals surface area (Å²) in [7, 11) is 3.80. The lowest BCUT2D eigenvalue weighted by Gasteiger charge is -2.40. The average molecular weight is 682 g/mol. The van der Waals surface area contributed by atoms with E-state index < -0.39 is 6.09 Å². The highest BCUT2D eigenvalue weighted by molar-refractivity contribution is 5.80. The molecule has 0 radical (unpaired) electrons. The van der Waals surface area contributed by atoms with Gasteiger partial charge in [-0.2, -0.15) is 0 Å². The van der Waals surface area contributed by atoms with Crippen LogP contribution in [0.5, 0.6) is 5.75 Å². The van der Waals surface area contributed by atoms with Crippen LogP contribution in [0.2, 0.25) is 0 Å². The number of hydrogen-bond acceptors (Lipinski definition) is 8. The molecule has 2 saturated heterocycles. The highest BCUT2D eigenvalue weighted by Crippen LogP contribution is 2.24. The summed E-state index contributed by atoms with van der Waals surface area (Å²) in [5.74, 6) is 0.326. The molecule has 49 heavy (non-hydrogen) atoms. The zero-order valence-corrected chi connectivity index (χ0v) is 30.6. The number of anilines is 1. The third-order valence-electron chi connectivity index (χ3n) is 9.77. The second-order valence-electron chi connectivity index (χ2n) is 13.2. The lowest BCUT2D eigenvalue weighted by molar-refractivity contribution is -0.137. The van der Waals surface area contributed by atoms with E-state index in [0.29, 0.717) is 43.9 Å². The molecule has 0 aromatic heterocycles. The van der Waals surface area contributed by atoms with Crippen LogP contribution in [0.4, 0.5) is 10.5 Å². The zero-order chi connectivity index (χ0) is 35.8. The van der Waals surface area contributed by atoms with E-state index in [2.05, 4.69) is 29.1 Å². The second kappa shape index (κ2) is 20.8. The molecule has 272 valence electrons. The fraction of sp³-hybridized carbons (Fsp3) is 0.605. The molecule has 2 aromatic rings. The van der Waals surface area contributed by atoms with Crippen molar-refractivity contribution in [2.24, 2.45) is 0 Å². The molecule has 0 aliphatic carbocycles. The van der Waals surface area contributed by atoms with Gasteiger partial charge in [-0.05, 0) is 82.2 Å². The van der Waals surface area contributed by atoms with Crippen LogP contribution in [-0.2, 0) is 31.9 Å². The van der Waals surface area contributed by atoms with Gasteiger partial charge in [-0.15, -0.1) is 0 Å². The molecule has 11 nitrogen and oxygen atoms in total. The van der Waals surface area contributed by atoms with E-state index in [1.165, 1.54) is 5.56 Å². The minimum Gasteiger partial charge on any atom is -0.507 e. The van der Waals surface area contributed by atoms with Crippen molar-refractivity contribution >= 4 is 24.1 Å². The minimum absolute atomic E-state index is 0.131. The summed E-state index contributed by atoms with van der Waals surface area (Å²) in [6.07, 6.45) is 5.81. The molecule has 2 N–H and O–H groups in total. The van der Waals surface area contributed by atoms with Gasteiger partial charge in [-0.25, -0.2) is 4.79 Å². The fourth-order valence-corrected chi connectivity index (χ4v) is 6.62. The summed E-state index contributed by atoms with van der Waals surface area (Å²) in [6.45, 7) is 14.0. The number of phenols is 1. The van der Waals surface area contributed by atoms with Crippen LogP contribution in [-0.4, -0.2) is 128 Å². The number of carbonyl (C=O) groups is 3. The number of rotatable bonds is 14. The van der Waals surface area contributed by atoms with Crippen LogP contribution in [0.3, 0.4) is 0 Å². The fourth-order valence-electron chi connectivity index (χ4n) is 6.62. The van der Waals surface area contributed by atoms with Gasteiger partial charge in [0.05, 0.1) is 0 Å². The van der Waals surface area contributed by atoms with Crippen LogP contribution in [0, 0.1) is 13.8 Å². The van der Waals surface area contributed by atoms with E-state index in [1.54, 1.807) is 16.8 Å². The van der Waals surface area contributed by atoms with E-state index in [4.69, 9.17) is 9.47 Å². The lowest BCUT2D eigenvalue weighted by Crippen LogP contribution is -2.53. The number of nitrogens with one attached hydrogen (secondary N) is 1. The maximum Gasteiger partial charge on any atom is 0.410 e. The predicted octanol–water partition coefficient (Wildman–Crippen LogP) is 4.86. The molecule has 2 aliphatic rings. The van der Waals surface area contributed by atoms with Gasteiger partial charge >= 0.3 is 6.09 Å². The first-order chi connectivity index (χ1) is 23.6. The maximum atomic E-state index is 12.6. The van der Waals surface area contributed by atoms with Crippen molar-refractivity contribution in [3.05, 3.63) is 58.7 Å². The van der Waals surface area contributed by atoms with E-state index in [-0.39, 0.29) is 12.5 Å². The Kier molecular flexibility index (Phi) is 16.8. The van der Waals surface area contributed by atoms with Gasteiger partial charge in [0.1, 0.15) is 5.75 Å². The Morgan fingerprint density at radius 2 is 1.73 bits per heavy atom. The summed E-state index contributed by atoms with van der Waals surface area (Å²) in [5.41, 5.74) is 5.17. The highest BCUT2D eigenvalue weighted by Gasteiger charge is 2.28. The standard InChI is InChI=1S/C28H45N5O5.C10H14O/c1-4-24(30(2)13-9-23-7-5-6-8-26(23)29-22-34)10-14-31(3)28(36)38-21-27(35)33-17-15-32(16-18-33)25-11-19-37-20-12-25;1-4-9-6-7(2)5-8(3)10(9)11/h5-8,22,24-25H,4,9-21H2,1-3H3,(H,29,34);5-6,11H,4H2,1-3H3. The van der Waals surface area contributed by atoms with E-state index >= 15 is 0 Å². The zero-order valence-electron chi connectivity index (χ0n) is 30.6. The van der Waals surface area contributed by atoms with Crippen molar-refractivity contribution in [1.29, 1.82) is 0 Å². The Hall–Kier alpha value is -3.67. The van der Waals surface area contributed by atoms with E-state index in [9.17, 15) is 19.5 Å². The average Bonchev–Trinajstić information content (AvgIpc) is 3.12. The van der Waals surface area contributed by atoms with Crippen molar-refractivity contribution in [1.82, 2.24) is 19.6 Å². The molecule has 2 heterocycles. The molecular weight excluding hydrogens is 622 g/mol. The smallest absolute Gasteiger partial charge is 0.410 e. The van der Waals surface area contributed by atoms with Crippen molar-refractivity contribution in [2.45, 2.75) is 78.3 Å². The van der Waals surface area contributed by atoms with Gasteiger partial charge in [0.15, 0.2) is 6.61 Å². The van der Waals surface area contributed by atoms with Crippen LogP contribution < -0.4 is 5.32 Å². The molecule has 1 atom stereocenters. The summed E-state index contributed by atoms with van der Waals surface area (Å²) in [5, 5.41) is 12.3. The largest absolute Gasteiger partial charge is 0.507 e. The molecule has 2 aliphatic heterocycles. The summed E-state index contributed by atoms with van der Waals surface area (Å²) >= 11 is 0. The molecule has 3 amide bonds. The van der Waals surface area contributed by atoms with Gasteiger partial charge in [-0.3, -0.25) is 14.5 Å². The Morgan fingerprint density at radius 1 is 1.04 bits per heavy atom. The number of likely N-dealkylation sites (N-methyl/N-ethyl adjacent to an activating group) is 1. The van der Waals surface area contributed by atoms with Crippen LogP contribution in [0.25, 0.3) is 0 Å². The third kappa shape index (κ3) is 12.6. The molecule has 11 heteroatoms. The lowest BCUT2D eigenvalue weighted by atomic mass is 10.0. The van der Waals surface area contributed by atoms with Gasteiger partial charge in [0.2, 0.25) is 6.41 Å². The van der Waals surface area contributed by atoms with Gasteiger partial charge in [0, 0.05) is 77.3 Å². The Labute approximate surface area is 293 Å². The van der Waals surface area contributed by atoms with Crippen molar-refractivity contribution in [3.63, 3.8) is 0 Å². The van der Waals surface area contributed by atoms with Gasteiger partial charge in [0.25, 0.3) is 5.91 Å². The highest BCUT2D eigenvalue weighted by atomic mass is 16.6. The van der Waals surface area contributed by atoms with Crippen LogP contribution >= 0.6 is 0 Å². The molecule has 0 saturated carbocycles. The first-order valence-corrected chi connectivity index (χ1v) is 17.8. The number of phenolic OH excluding ortho intramolecular Hbond substituents is 1. The summed E-state index contributed by atoms with van der Waals surface area (Å²) in [4.78, 5) is 44.1. The van der Waals surface area contributed by atoms with E-state index in [0.717, 1.165) is 93.8 Å². The second-order valence-corrected chi connectivity index (χ2v) is 13.2. The minimum atomic E-state index is -0.467. The quantitative estimate of drug-likeness (QED) is 0.272. The summed E-state index contributed by atoms with van der Waals surface area (Å²) in [6, 6.07) is 12.7. The van der Waals surface area contributed by atoms with Crippen molar-refractivity contribution in [2.75, 3.05) is 78.5 Å². The predicted molar refractivity (Wildman–Crippen MR) is 194 cm³/mol. The van der Waals surface area contributed by atoms with E-state index in [1.807, 2.05) is 57.2 Å². The number of piperazine rings is 1. The van der Waals surface area contributed by atoms with Gasteiger partial charge in [-0.1, -0.05) is 49.7 Å². The van der Waals surface area contributed by atoms with Crippen LogP contribution in [0.1, 0.15) is 61.8 Å². The first-order valence-electron chi connectivity index (χ1n) is 17.8.